The van der Waals surface area contributed by atoms with Gasteiger partial charge >= 0.3 is 0 Å². The van der Waals surface area contributed by atoms with Crippen LogP contribution in [0.4, 0.5) is 4.39 Å². The van der Waals surface area contributed by atoms with Gasteiger partial charge in [-0.25, -0.2) is 14.4 Å². The Hall–Kier alpha value is -2.95. The summed E-state index contributed by atoms with van der Waals surface area (Å²) in [4.78, 5) is 13.4. The first-order valence-electron chi connectivity index (χ1n) is 10.7. The summed E-state index contributed by atoms with van der Waals surface area (Å²) >= 11 is 0. The molecule has 0 unspecified atom stereocenters. The van der Waals surface area contributed by atoms with Crippen LogP contribution in [-0.4, -0.2) is 40.6 Å². The topological polar surface area (TPSA) is 80.3 Å². The first-order valence-corrected chi connectivity index (χ1v) is 10.7. The molecule has 2 aromatic heterocycles. The first kappa shape index (κ1) is 24.7. The molecule has 2 aromatic carbocycles. The monoisotopic (exact) mass is 562 g/mol. The second-order valence-electron chi connectivity index (χ2n) is 7.48. The summed E-state index contributed by atoms with van der Waals surface area (Å²) in [5, 5.41) is 6.65. The van der Waals surface area contributed by atoms with Gasteiger partial charge in [0.1, 0.15) is 17.9 Å². The molecule has 0 radical (unpaired) electrons. The number of para-hydroxylation sites is 2. The van der Waals surface area contributed by atoms with Crippen molar-refractivity contribution in [3.8, 4) is 11.5 Å². The molecule has 33 heavy (non-hydrogen) atoms. The summed E-state index contributed by atoms with van der Waals surface area (Å²) in [6.45, 7) is 4.39. The van der Waals surface area contributed by atoms with Crippen molar-refractivity contribution in [2.75, 3.05) is 20.1 Å². The number of rotatable bonds is 8. The number of halogens is 2. The molecule has 0 fully saturated rings. The Morgan fingerprint density at radius 2 is 1.82 bits per heavy atom. The van der Waals surface area contributed by atoms with E-state index in [-0.39, 0.29) is 29.8 Å². The number of aromatic nitrogens is 3. The maximum absolute atomic E-state index is 13.1. The molecule has 0 spiro atoms. The standard InChI is InChI=1S/C24H27FN6O.HI/c1-17-29-21-6-3-4-7-22(21)31(17)15-5-13-27-24(26-2)28-14-12-20-16-32-23(30-20)18-8-10-19(25)11-9-18;/h3-4,6-11,16H,5,12-15H2,1-2H3,(H2,26,27,28);1H. The van der Waals surface area contributed by atoms with Crippen molar-refractivity contribution in [1.82, 2.24) is 25.2 Å². The SMILES string of the molecule is CN=C(NCCCn1c(C)nc2ccccc21)NCCc1coc(-c2ccc(F)cc2)n1.I. The molecule has 174 valence electrons. The fourth-order valence-electron chi connectivity index (χ4n) is 3.60. The predicted molar refractivity (Wildman–Crippen MR) is 139 cm³/mol. The highest BCUT2D eigenvalue weighted by Gasteiger charge is 2.08. The maximum atomic E-state index is 13.1. The molecule has 0 bridgehead atoms. The Kier molecular flexibility index (Phi) is 8.81. The minimum absolute atomic E-state index is 0. The number of imidazole rings is 1. The minimum Gasteiger partial charge on any atom is -0.444 e. The Bertz CT molecular complexity index is 1200. The highest BCUT2D eigenvalue weighted by Crippen LogP contribution is 2.19. The van der Waals surface area contributed by atoms with Gasteiger partial charge in [-0.05, 0) is 49.7 Å². The highest BCUT2D eigenvalue weighted by atomic mass is 127. The van der Waals surface area contributed by atoms with Crippen molar-refractivity contribution >= 4 is 41.0 Å². The van der Waals surface area contributed by atoms with Crippen molar-refractivity contribution in [3.63, 3.8) is 0 Å². The zero-order chi connectivity index (χ0) is 22.3. The Labute approximate surface area is 209 Å². The third kappa shape index (κ3) is 6.31. The van der Waals surface area contributed by atoms with E-state index in [1.165, 1.54) is 17.6 Å². The van der Waals surface area contributed by atoms with E-state index in [1.807, 2.05) is 25.1 Å². The summed E-state index contributed by atoms with van der Waals surface area (Å²) < 4.78 is 20.8. The Morgan fingerprint density at radius 3 is 2.61 bits per heavy atom. The maximum Gasteiger partial charge on any atom is 0.226 e. The van der Waals surface area contributed by atoms with Gasteiger partial charge in [0.05, 0.1) is 16.7 Å². The number of hydrogen-bond acceptors (Lipinski definition) is 4. The quantitative estimate of drug-likeness (QED) is 0.143. The molecule has 2 heterocycles. The van der Waals surface area contributed by atoms with Gasteiger partial charge in [0.15, 0.2) is 5.96 Å². The van der Waals surface area contributed by atoms with Crippen LogP contribution in [0.2, 0.25) is 0 Å². The van der Waals surface area contributed by atoms with Crippen LogP contribution in [-0.2, 0) is 13.0 Å². The van der Waals surface area contributed by atoms with Gasteiger partial charge in [0, 0.05) is 38.7 Å². The van der Waals surface area contributed by atoms with E-state index in [0.29, 0.717) is 18.9 Å². The fraction of sp³-hybridized carbons (Fsp3) is 0.292. The van der Waals surface area contributed by atoms with Gasteiger partial charge in [0.25, 0.3) is 0 Å². The summed E-state index contributed by atoms with van der Waals surface area (Å²) in [6, 6.07) is 14.3. The van der Waals surface area contributed by atoms with E-state index in [9.17, 15) is 4.39 Å². The summed E-state index contributed by atoms with van der Waals surface area (Å²) in [5.74, 6) is 1.99. The summed E-state index contributed by atoms with van der Waals surface area (Å²) in [6.07, 6.45) is 3.27. The van der Waals surface area contributed by atoms with Gasteiger partial charge in [-0.3, -0.25) is 4.99 Å². The van der Waals surface area contributed by atoms with Crippen LogP contribution in [0.3, 0.4) is 0 Å². The lowest BCUT2D eigenvalue weighted by atomic mass is 10.2. The van der Waals surface area contributed by atoms with Crippen LogP contribution in [0, 0.1) is 12.7 Å². The molecule has 0 saturated carbocycles. The van der Waals surface area contributed by atoms with Crippen LogP contribution in [0.15, 0.2) is 64.2 Å². The smallest absolute Gasteiger partial charge is 0.226 e. The zero-order valence-electron chi connectivity index (χ0n) is 18.7. The molecule has 0 atom stereocenters. The van der Waals surface area contributed by atoms with Crippen LogP contribution in [0.5, 0.6) is 0 Å². The van der Waals surface area contributed by atoms with E-state index in [0.717, 1.165) is 48.1 Å². The molecular formula is C24H28FIN6O. The molecule has 4 aromatic rings. The van der Waals surface area contributed by atoms with Crippen LogP contribution in [0.25, 0.3) is 22.5 Å². The van der Waals surface area contributed by atoms with E-state index in [1.54, 1.807) is 25.4 Å². The Morgan fingerprint density at radius 1 is 1.06 bits per heavy atom. The van der Waals surface area contributed by atoms with Crippen LogP contribution >= 0.6 is 24.0 Å². The van der Waals surface area contributed by atoms with Gasteiger partial charge in [-0.1, -0.05) is 12.1 Å². The zero-order valence-corrected chi connectivity index (χ0v) is 21.0. The molecule has 0 aliphatic carbocycles. The second-order valence-corrected chi connectivity index (χ2v) is 7.48. The molecule has 0 aliphatic heterocycles. The minimum atomic E-state index is -0.280. The van der Waals surface area contributed by atoms with E-state index >= 15 is 0 Å². The first-order chi connectivity index (χ1) is 15.6. The number of nitrogens with zero attached hydrogens (tertiary/aromatic N) is 4. The van der Waals surface area contributed by atoms with Crippen LogP contribution in [0.1, 0.15) is 17.9 Å². The largest absolute Gasteiger partial charge is 0.444 e. The van der Waals surface area contributed by atoms with Crippen molar-refractivity contribution in [2.45, 2.75) is 26.3 Å². The van der Waals surface area contributed by atoms with E-state index in [2.05, 4.69) is 36.2 Å². The lowest BCUT2D eigenvalue weighted by molar-refractivity contribution is 0.571. The van der Waals surface area contributed by atoms with Crippen molar-refractivity contribution in [2.24, 2.45) is 4.99 Å². The number of hydrogen-bond donors (Lipinski definition) is 2. The molecule has 0 aliphatic rings. The van der Waals surface area contributed by atoms with Gasteiger partial charge in [0.2, 0.25) is 5.89 Å². The summed E-state index contributed by atoms with van der Waals surface area (Å²) in [7, 11) is 1.76. The Balaban J connectivity index is 0.00000306. The number of benzene rings is 2. The molecule has 2 N–H and O–H groups in total. The number of fused-ring (bicyclic) bond motifs is 1. The van der Waals surface area contributed by atoms with Crippen molar-refractivity contribution in [1.29, 1.82) is 0 Å². The normalized spacial score (nSPS) is 11.4. The van der Waals surface area contributed by atoms with Crippen LogP contribution < -0.4 is 10.6 Å². The number of oxazole rings is 1. The molecule has 0 amide bonds. The lowest BCUT2D eigenvalue weighted by Gasteiger charge is -2.12. The van der Waals surface area contributed by atoms with Gasteiger partial charge in [-0.2, -0.15) is 0 Å². The second kappa shape index (κ2) is 11.8. The number of nitrogens with one attached hydrogen (secondary N) is 2. The average molecular weight is 562 g/mol. The molecule has 9 heteroatoms. The number of aliphatic imine (C=N–C) groups is 1. The predicted octanol–water partition coefficient (Wildman–Crippen LogP) is 4.55. The summed E-state index contributed by atoms with van der Waals surface area (Å²) in [5.41, 5.74) is 3.78. The number of guanidine groups is 1. The lowest BCUT2D eigenvalue weighted by Crippen LogP contribution is -2.39. The average Bonchev–Trinajstić information content (AvgIpc) is 3.40. The molecule has 7 nitrogen and oxygen atoms in total. The van der Waals surface area contributed by atoms with Crippen molar-refractivity contribution < 1.29 is 8.81 Å². The molecule has 0 saturated heterocycles. The fourth-order valence-corrected chi connectivity index (χ4v) is 3.60. The third-order valence-corrected chi connectivity index (χ3v) is 5.24. The molecular weight excluding hydrogens is 534 g/mol. The van der Waals surface area contributed by atoms with E-state index < -0.39 is 0 Å². The third-order valence-electron chi connectivity index (χ3n) is 5.24. The van der Waals surface area contributed by atoms with E-state index in [4.69, 9.17) is 4.42 Å². The van der Waals surface area contributed by atoms with Crippen molar-refractivity contribution in [3.05, 3.63) is 72.1 Å². The highest BCUT2D eigenvalue weighted by molar-refractivity contribution is 14.0. The van der Waals surface area contributed by atoms with Gasteiger partial charge in [-0.15, -0.1) is 24.0 Å². The molecule has 4 rings (SSSR count). The van der Waals surface area contributed by atoms with Gasteiger partial charge < -0.3 is 19.6 Å². The number of aryl methyl sites for hydroxylation is 2.